The summed E-state index contributed by atoms with van der Waals surface area (Å²) in [7, 11) is 1.55. The van der Waals surface area contributed by atoms with E-state index in [1.807, 2.05) is 6.92 Å². The van der Waals surface area contributed by atoms with E-state index in [1.165, 1.54) is 0 Å². The number of alkyl halides is 2. The Morgan fingerprint density at radius 3 is 2.82 bits per heavy atom. The molecule has 0 atom stereocenters. The molecule has 2 rings (SSSR count). The van der Waals surface area contributed by atoms with Crippen molar-refractivity contribution in [2.24, 2.45) is 0 Å². The number of rotatable bonds is 3. The van der Waals surface area contributed by atoms with Crippen LogP contribution in [-0.2, 0) is 6.42 Å². The molecular formula is C12H16F2N2O. The summed E-state index contributed by atoms with van der Waals surface area (Å²) in [5.41, 5.74) is 1.71. The van der Waals surface area contributed by atoms with Crippen molar-refractivity contribution in [2.75, 3.05) is 25.1 Å². The van der Waals surface area contributed by atoms with Gasteiger partial charge in [0.15, 0.2) is 0 Å². The second-order valence-corrected chi connectivity index (χ2v) is 4.20. The van der Waals surface area contributed by atoms with E-state index in [4.69, 9.17) is 4.74 Å². The number of aromatic nitrogens is 1. The number of hydrogen-bond acceptors (Lipinski definition) is 3. The molecule has 0 radical (unpaired) electrons. The van der Waals surface area contributed by atoms with Gasteiger partial charge in [0, 0.05) is 30.4 Å². The minimum Gasteiger partial charge on any atom is -0.481 e. The molecule has 5 heteroatoms. The van der Waals surface area contributed by atoms with Crippen LogP contribution in [0.4, 0.5) is 14.5 Å². The molecule has 1 aliphatic heterocycles. The summed E-state index contributed by atoms with van der Waals surface area (Å²) in [5, 5.41) is 0. The van der Waals surface area contributed by atoms with Crippen molar-refractivity contribution in [3.63, 3.8) is 0 Å². The first-order chi connectivity index (χ1) is 8.07. The van der Waals surface area contributed by atoms with Crippen molar-refractivity contribution in [3.05, 3.63) is 17.8 Å². The molecule has 0 bridgehead atoms. The lowest BCUT2D eigenvalue weighted by Crippen LogP contribution is -2.25. The highest BCUT2D eigenvalue weighted by Crippen LogP contribution is 2.35. The number of halogens is 2. The third kappa shape index (κ3) is 2.33. The van der Waals surface area contributed by atoms with Crippen molar-refractivity contribution in [1.82, 2.24) is 4.98 Å². The van der Waals surface area contributed by atoms with Gasteiger partial charge in [-0.3, -0.25) is 0 Å². The minimum absolute atomic E-state index is 0.0825. The summed E-state index contributed by atoms with van der Waals surface area (Å²) >= 11 is 0. The largest absolute Gasteiger partial charge is 0.481 e. The van der Waals surface area contributed by atoms with Gasteiger partial charge in [-0.1, -0.05) is 6.92 Å². The highest BCUT2D eigenvalue weighted by Gasteiger charge is 2.39. The van der Waals surface area contributed by atoms with Crippen LogP contribution in [0, 0.1) is 0 Å². The van der Waals surface area contributed by atoms with Gasteiger partial charge in [0.1, 0.15) is 0 Å². The Labute approximate surface area is 99.4 Å². The summed E-state index contributed by atoms with van der Waals surface area (Å²) < 4.78 is 31.6. The zero-order valence-corrected chi connectivity index (χ0v) is 10.0. The first-order valence-corrected chi connectivity index (χ1v) is 5.72. The second-order valence-electron chi connectivity index (χ2n) is 4.20. The van der Waals surface area contributed by atoms with E-state index in [1.54, 1.807) is 24.3 Å². The maximum Gasteiger partial charge on any atom is 0.266 e. The van der Waals surface area contributed by atoms with Gasteiger partial charge in [0.25, 0.3) is 5.92 Å². The average molecular weight is 242 g/mol. The van der Waals surface area contributed by atoms with Crippen molar-refractivity contribution >= 4 is 5.69 Å². The Bertz CT molecular complexity index is 409. The molecule has 0 aliphatic carbocycles. The Morgan fingerprint density at radius 1 is 1.53 bits per heavy atom. The molecule has 1 aromatic heterocycles. The minimum atomic E-state index is -2.58. The molecule has 0 spiro atoms. The van der Waals surface area contributed by atoms with Crippen LogP contribution in [-0.4, -0.2) is 31.1 Å². The van der Waals surface area contributed by atoms with Gasteiger partial charge < -0.3 is 9.64 Å². The molecule has 0 aromatic carbocycles. The number of ether oxygens (including phenoxy) is 1. The first-order valence-electron chi connectivity index (χ1n) is 5.72. The molecule has 1 fully saturated rings. The Kier molecular flexibility index (Phi) is 3.17. The van der Waals surface area contributed by atoms with E-state index in [-0.39, 0.29) is 13.0 Å². The van der Waals surface area contributed by atoms with Gasteiger partial charge in [0.05, 0.1) is 13.7 Å². The van der Waals surface area contributed by atoms with Crippen LogP contribution in [0.15, 0.2) is 12.3 Å². The van der Waals surface area contributed by atoms with E-state index in [2.05, 4.69) is 4.98 Å². The Hall–Kier alpha value is -1.39. The monoisotopic (exact) mass is 242 g/mol. The molecule has 17 heavy (non-hydrogen) atoms. The maximum absolute atomic E-state index is 13.2. The van der Waals surface area contributed by atoms with Crippen LogP contribution in [0.25, 0.3) is 0 Å². The van der Waals surface area contributed by atoms with Gasteiger partial charge in [-0.2, -0.15) is 0 Å². The summed E-state index contributed by atoms with van der Waals surface area (Å²) in [4.78, 5) is 5.81. The zero-order chi connectivity index (χ0) is 12.5. The molecule has 1 aliphatic rings. The van der Waals surface area contributed by atoms with Gasteiger partial charge in [-0.25, -0.2) is 13.8 Å². The van der Waals surface area contributed by atoms with Crippen molar-refractivity contribution in [1.29, 1.82) is 0 Å². The van der Waals surface area contributed by atoms with E-state index in [0.29, 0.717) is 18.8 Å². The summed E-state index contributed by atoms with van der Waals surface area (Å²) in [6.45, 7) is 2.14. The Morgan fingerprint density at radius 2 is 2.29 bits per heavy atom. The maximum atomic E-state index is 13.2. The normalized spacial score (nSPS) is 18.5. The second kappa shape index (κ2) is 4.47. The lowest BCUT2D eigenvalue weighted by atomic mass is 10.1. The van der Waals surface area contributed by atoms with Crippen LogP contribution < -0.4 is 9.64 Å². The third-order valence-corrected chi connectivity index (χ3v) is 3.05. The number of anilines is 1. The lowest BCUT2D eigenvalue weighted by molar-refractivity contribution is 0.0257. The first kappa shape index (κ1) is 12.1. The smallest absolute Gasteiger partial charge is 0.266 e. The van der Waals surface area contributed by atoms with E-state index < -0.39 is 5.92 Å². The predicted octanol–water partition coefficient (Wildman–Crippen LogP) is 2.50. The summed E-state index contributed by atoms with van der Waals surface area (Å²) in [6, 6.07) is 1.78. The van der Waals surface area contributed by atoms with Crippen LogP contribution in [0.5, 0.6) is 5.88 Å². The summed E-state index contributed by atoms with van der Waals surface area (Å²) in [5.74, 6) is -2.05. The molecule has 0 N–H and O–H groups in total. The van der Waals surface area contributed by atoms with Crippen molar-refractivity contribution in [2.45, 2.75) is 25.7 Å². The highest BCUT2D eigenvalue weighted by molar-refractivity contribution is 5.57. The van der Waals surface area contributed by atoms with Crippen LogP contribution in [0.2, 0.25) is 0 Å². The standard InChI is InChI=1S/C12H16F2N2O/c1-3-9-10(4-6-15-11(9)17-2)16-7-5-12(13,14)8-16/h4,6H,3,5,7-8H2,1-2H3. The molecule has 1 saturated heterocycles. The Balaban J connectivity index is 2.33. The van der Waals surface area contributed by atoms with E-state index in [0.717, 1.165) is 11.3 Å². The number of hydrogen-bond donors (Lipinski definition) is 0. The molecule has 0 unspecified atom stereocenters. The fourth-order valence-corrected chi connectivity index (χ4v) is 2.21. The van der Waals surface area contributed by atoms with Gasteiger partial charge in [-0.15, -0.1) is 0 Å². The predicted molar refractivity (Wildman–Crippen MR) is 61.9 cm³/mol. The molecular weight excluding hydrogens is 226 g/mol. The quantitative estimate of drug-likeness (QED) is 0.814. The molecule has 0 amide bonds. The molecule has 3 nitrogen and oxygen atoms in total. The number of methoxy groups -OCH3 is 1. The number of nitrogens with zero attached hydrogens (tertiary/aromatic N) is 2. The van der Waals surface area contributed by atoms with Crippen LogP contribution in [0.3, 0.4) is 0 Å². The molecule has 1 aromatic rings. The van der Waals surface area contributed by atoms with Gasteiger partial charge >= 0.3 is 0 Å². The van der Waals surface area contributed by atoms with Crippen molar-refractivity contribution < 1.29 is 13.5 Å². The topological polar surface area (TPSA) is 25.4 Å². The SMILES string of the molecule is CCc1c(N2CCC(F)(F)C2)ccnc1OC. The number of pyridine rings is 1. The zero-order valence-electron chi connectivity index (χ0n) is 10.0. The fourth-order valence-electron chi connectivity index (χ4n) is 2.21. The van der Waals surface area contributed by atoms with E-state index in [9.17, 15) is 8.78 Å². The molecule has 94 valence electrons. The van der Waals surface area contributed by atoms with Crippen LogP contribution in [0.1, 0.15) is 18.9 Å². The van der Waals surface area contributed by atoms with E-state index >= 15 is 0 Å². The highest BCUT2D eigenvalue weighted by atomic mass is 19.3. The van der Waals surface area contributed by atoms with Crippen LogP contribution >= 0.6 is 0 Å². The third-order valence-electron chi connectivity index (χ3n) is 3.05. The lowest BCUT2D eigenvalue weighted by Gasteiger charge is -2.22. The summed E-state index contributed by atoms with van der Waals surface area (Å²) in [6.07, 6.45) is 2.24. The molecule has 0 saturated carbocycles. The van der Waals surface area contributed by atoms with Gasteiger partial charge in [0.2, 0.25) is 5.88 Å². The molecule has 2 heterocycles. The average Bonchev–Trinajstić information content (AvgIpc) is 2.68. The van der Waals surface area contributed by atoms with Gasteiger partial charge in [-0.05, 0) is 12.5 Å². The van der Waals surface area contributed by atoms with Crippen molar-refractivity contribution in [3.8, 4) is 5.88 Å². The fraction of sp³-hybridized carbons (Fsp3) is 0.583.